The topological polar surface area (TPSA) is 108 Å². The molecule has 2 aliphatic heterocycles. The number of aryl methyl sites for hydroxylation is 1. The molecule has 3 aromatic rings. The molecule has 2 saturated heterocycles. The van der Waals surface area contributed by atoms with Gasteiger partial charge in [0, 0.05) is 18.0 Å². The first-order valence-electron chi connectivity index (χ1n) is 12.1. The molecular formula is C25H28BrFN6O3. The molecule has 2 fully saturated rings. The Bertz CT molecular complexity index is 1370. The second-order valence-corrected chi connectivity index (χ2v) is 10.5. The van der Waals surface area contributed by atoms with Crippen LogP contribution in [0.25, 0.3) is 21.8 Å². The van der Waals surface area contributed by atoms with Crippen molar-refractivity contribution in [2.45, 2.75) is 57.2 Å². The number of hydrogen-bond acceptors (Lipinski definition) is 6. The van der Waals surface area contributed by atoms with Crippen molar-refractivity contribution in [3.8, 4) is 11.9 Å². The molecule has 36 heavy (non-hydrogen) atoms. The predicted octanol–water partition coefficient (Wildman–Crippen LogP) is 4.86. The zero-order valence-corrected chi connectivity index (χ0v) is 21.8. The Labute approximate surface area is 216 Å². The van der Waals surface area contributed by atoms with Gasteiger partial charge in [0.25, 0.3) is 0 Å². The third-order valence-electron chi connectivity index (χ3n) is 7.55. The second kappa shape index (κ2) is 9.82. The van der Waals surface area contributed by atoms with E-state index < -0.39 is 18.0 Å². The number of ether oxygens (including phenoxy) is 1. The highest BCUT2D eigenvalue weighted by molar-refractivity contribution is 9.10. The van der Waals surface area contributed by atoms with Gasteiger partial charge in [-0.1, -0.05) is 0 Å². The van der Waals surface area contributed by atoms with Gasteiger partial charge in [0.05, 0.1) is 46.1 Å². The van der Waals surface area contributed by atoms with Crippen molar-refractivity contribution in [1.82, 2.24) is 24.6 Å². The van der Waals surface area contributed by atoms with Crippen LogP contribution >= 0.6 is 15.9 Å². The fourth-order valence-electron chi connectivity index (χ4n) is 5.54. The first-order chi connectivity index (χ1) is 17.3. The Kier molecular flexibility index (Phi) is 6.74. The second-order valence-electron chi connectivity index (χ2n) is 9.74. The standard InChI is InChI=1S/C25H28BrFN6O3/c1-14-10-18-22(21(27)20(14)26)30-24(36-13-17-4-3-8-31(17)2)19-12-29-33(23(18)19)16-6-9-32(25(34)35)15(11-16)5-7-28/h10,12,15-17H,3-6,8-9,11,13H2,1-2H3,(H,34,35)/t15-,16+,17?/m1/s1. The molecule has 0 saturated carbocycles. The molecule has 0 spiro atoms. The fraction of sp³-hybridized carbons (Fsp3) is 0.520. The summed E-state index contributed by atoms with van der Waals surface area (Å²) in [5, 5.41) is 24.8. The van der Waals surface area contributed by atoms with Crippen LogP contribution in [-0.4, -0.2) is 74.6 Å². The van der Waals surface area contributed by atoms with E-state index in [1.807, 2.05) is 17.7 Å². The molecule has 0 aliphatic carbocycles. The van der Waals surface area contributed by atoms with Crippen LogP contribution in [0.4, 0.5) is 9.18 Å². The molecule has 0 radical (unpaired) electrons. The summed E-state index contributed by atoms with van der Waals surface area (Å²) in [6.07, 6.45) is 3.92. The van der Waals surface area contributed by atoms with E-state index in [4.69, 9.17) is 4.74 Å². The zero-order valence-electron chi connectivity index (χ0n) is 20.2. The number of nitriles is 1. The maximum absolute atomic E-state index is 15.4. The van der Waals surface area contributed by atoms with Crippen molar-refractivity contribution in [3.05, 3.63) is 28.1 Å². The Morgan fingerprint density at radius 3 is 2.83 bits per heavy atom. The summed E-state index contributed by atoms with van der Waals surface area (Å²) in [4.78, 5) is 19.9. The van der Waals surface area contributed by atoms with Gasteiger partial charge >= 0.3 is 6.09 Å². The highest BCUT2D eigenvalue weighted by Gasteiger charge is 2.34. The maximum atomic E-state index is 15.4. The van der Waals surface area contributed by atoms with Crippen molar-refractivity contribution in [3.63, 3.8) is 0 Å². The minimum Gasteiger partial charge on any atom is -0.475 e. The molecule has 5 rings (SSSR count). The molecule has 3 atom stereocenters. The zero-order chi connectivity index (χ0) is 25.6. The first-order valence-corrected chi connectivity index (χ1v) is 12.9. The van der Waals surface area contributed by atoms with E-state index in [1.54, 1.807) is 6.20 Å². The SMILES string of the molecule is Cc1cc2c(nc(OCC3CCCN3C)c3cnn([C@H]4CCN(C(=O)O)[C@H](CC#N)C4)c32)c(F)c1Br. The van der Waals surface area contributed by atoms with E-state index in [0.717, 1.165) is 24.9 Å². The summed E-state index contributed by atoms with van der Waals surface area (Å²) >= 11 is 3.34. The van der Waals surface area contributed by atoms with Gasteiger partial charge in [-0.25, -0.2) is 14.2 Å². The minimum absolute atomic E-state index is 0.105. The van der Waals surface area contributed by atoms with Crippen molar-refractivity contribution in [2.24, 2.45) is 0 Å². The molecule has 2 aliphatic rings. The molecule has 190 valence electrons. The van der Waals surface area contributed by atoms with E-state index in [0.29, 0.717) is 52.6 Å². The molecule has 1 unspecified atom stereocenters. The van der Waals surface area contributed by atoms with Crippen LogP contribution in [0, 0.1) is 24.1 Å². The van der Waals surface area contributed by atoms with Gasteiger partial charge in [-0.2, -0.15) is 10.4 Å². The lowest BCUT2D eigenvalue weighted by Gasteiger charge is -2.37. The largest absolute Gasteiger partial charge is 0.475 e. The minimum atomic E-state index is -1.02. The van der Waals surface area contributed by atoms with Crippen LogP contribution < -0.4 is 4.74 Å². The monoisotopic (exact) mass is 558 g/mol. The summed E-state index contributed by atoms with van der Waals surface area (Å²) in [6, 6.07) is 3.69. The Hall–Kier alpha value is -2.97. The molecule has 1 aromatic carbocycles. The quantitative estimate of drug-likeness (QED) is 0.476. The number of piperidine rings is 1. The lowest BCUT2D eigenvalue weighted by Crippen LogP contribution is -2.45. The average Bonchev–Trinajstić information content (AvgIpc) is 3.48. The van der Waals surface area contributed by atoms with Crippen LogP contribution in [0.3, 0.4) is 0 Å². The Morgan fingerprint density at radius 1 is 1.33 bits per heavy atom. The van der Waals surface area contributed by atoms with Gasteiger partial charge in [0.1, 0.15) is 12.1 Å². The molecule has 9 nitrogen and oxygen atoms in total. The number of halogens is 2. The highest BCUT2D eigenvalue weighted by Crippen LogP contribution is 2.39. The van der Waals surface area contributed by atoms with Crippen LogP contribution in [0.1, 0.15) is 43.7 Å². The van der Waals surface area contributed by atoms with Gasteiger partial charge in [-0.15, -0.1) is 0 Å². The highest BCUT2D eigenvalue weighted by atomic mass is 79.9. The molecule has 11 heteroatoms. The fourth-order valence-corrected chi connectivity index (χ4v) is 5.84. The first kappa shape index (κ1) is 24.7. The summed E-state index contributed by atoms with van der Waals surface area (Å²) in [6.45, 7) is 3.60. The molecule has 0 bridgehead atoms. The molecule has 2 aromatic heterocycles. The number of likely N-dealkylation sites (N-methyl/N-ethyl adjacent to an activating group) is 1. The average molecular weight is 559 g/mol. The van der Waals surface area contributed by atoms with Gasteiger partial charge in [0.15, 0.2) is 5.82 Å². The number of amides is 1. The van der Waals surface area contributed by atoms with Crippen molar-refractivity contribution in [2.75, 3.05) is 26.7 Å². The van der Waals surface area contributed by atoms with E-state index >= 15 is 4.39 Å². The number of carbonyl (C=O) groups is 1. The summed E-state index contributed by atoms with van der Waals surface area (Å²) in [7, 11) is 2.07. The molecule has 1 amide bonds. The molecule has 1 N–H and O–H groups in total. The van der Waals surface area contributed by atoms with Gasteiger partial charge in [-0.3, -0.25) is 4.68 Å². The number of likely N-dealkylation sites (tertiary alicyclic amines) is 2. The number of pyridine rings is 1. The van der Waals surface area contributed by atoms with Crippen LogP contribution in [0.15, 0.2) is 16.7 Å². The van der Waals surface area contributed by atoms with Gasteiger partial charge < -0.3 is 19.6 Å². The predicted molar refractivity (Wildman–Crippen MR) is 136 cm³/mol. The number of benzene rings is 1. The van der Waals surface area contributed by atoms with Crippen molar-refractivity contribution in [1.29, 1.82) is 5.26 Å². The third-order valence-corrected chi connectivity index (χ3v) is 8.52. The van der Waals surface area contributed by atoms with E-state index in [2.05, 4.69) is 44.0 Å². The van der Waals surface area contributed by atoms with E-state index in [1.165, 1.54) is 4.90 Å². The third kappa shape index (κ3) is 4.26. The lowest BCUT2D eigenvalue weighted by atomic mass is 9.95. The number of fused-ring (bicyclic) bond motifs is 3. The number of rotatable bonds is 5. The van der Waals surface area contributed by atoms with Crippen molar-refractivity contribution < 1.29 is 19.0 Å². The lowest BCUT2D eigenvalue weighted by molar-refractivity contribution is 0.0915. The normalized spacial score (nSPS) is 22.9. The van der Waals surface area contributed by atoms with Crippen LogP contribution in [0.2, 0.25) is 0 Å². The van der Waals surface area contributed by atoms with Gasteiger partial charge in [0.2, 0.25) is 5.88 Å². The maximum Gasteiger partial charge on any atom is 0.407 e. The van der Waals surface area contributed by atoms with Crippen LogP contribution in [0.5, 0.6) is 5.88 Å². The summed E-state index contributed by atoms with van der Waals surface area (Å²) < 4.78 is 23.9. The van der Waals surface area contributed by atoms with E-state index in [9.17, 15) is 15.2 Å². The number of aromatic nitrogens is 3. The number of carboxylic acid groups (broad SMARTS) is 1. The summed E-state index contributed by atoms with van der Waals surface area (Å²) in [5.74, 6) is -0.110. The Balaban J connectivity index is 1.61. The van der Waals surface area contributed by atoms with Crippen LogP contribution in [-0.2, 0) is 0 Å². The Morgan fingerprint density at radius 2 is 2.14 bits per heavy atom. The summed E-state index contributed by atoms with van der Waals surface area (Å²) in [5.41, 5.74) is 1.65. The molecule has 4 heterocycles. The van der Waals surface area contributed by atoms with Crippen molar-refractivity contribution >= 4 is 43.8 Å². The number of hydrogen-bond donors (Lipinski definition) is 1. The molecular weight excluding hydrogens is 531 g/mol. The van der Waals surface area contributed by atoms with E-state index in [-0.39, 0.29) is 24.0 Å². The smallest absolute Gasteiger partial charge is 0.407 e. The number of nitrogens with zero attached hydrogens (tertiary/aromatic N) is 6. The van der Waals surface area contributed by atoms with Gasteiger partial charge in [-0.05, 0) is 73.8 Å².